The van der Waals surface area contributed by atoms with Crippen LogP contribution in [0.1, 0.15) is 22.3 Å². The van der Waals surface area contributed by atoms with Crippen molar-refractivity contribution in [1.29, 1.82) is 0 Å². The lowest BCUT2D eigenvalue weighted by molar-refractivity contribution is 0.794. The van der Waals surface area contributed by atoms with Crippen LogP contribution in [0.4, 0.5) is 0 Å². The highest BCUT2D eigenvalue weighted by Crippen LogP contribution is 2.63. The Morgan fingerprint density at radius 3 is 1.48 bits per heavy atom. The summed E-state index contributed by atoms with van der Waals surface area (Å²) in [6.07, 6.45) is 0. The third kappa shape index (κ3) is 4.40. The van der Waals surface area contributed by atoms with Gasteiger partial charge < -0.3 is 0 Å². The second kappa shape index (κ2) is 12.0. The fourth-order valence-corrected chi connectivity index (χ4v) is 10.3. The van der Waals surface area contributed by atoms with E-state index in [4.69, 9.17) is 19.9 Å². The van der Waals surface area contributed by atoms with Gasteiger partial charge in [0, 0.05) is 27.6 Å². The van der Waals surface area contributed by atoms with E-state index in [2.05, 4.69) is 158 Å². The zero-order chi connectivity index (χ0) is 36.8. The average Bonchev–Trinajstić information content (AvgIpc) is 3.94. The first-order valence-electron chi connectivity index (χ1n) is 18.9. The van der Waals surface area contributed by atoms with E-state index >= 15 is 0 Å². The Morgan fingerprint density at radius 1 is 0.339 bits per heavy atom. The molecule has 5 heteroatoms. The molecule has 0 atom stereocenters. The highest BCUT2D eigenvalue weighted by molar-refractivity contribution is 7.22. The summed E-state index contributed by atoms with van der Waals surface area (Å²) in [5, 5.41) is 3.22. The van der Waals surface area contributed by atoms with Crippen LogP contribution in [0, 0.1) is 0 Å². The van der Waals surface area contributed by atoms with Crippen LogP contribution in [0.5, 0.6) is 0 Å². The lowest BCUT2D eigenvalue weighted by Gasteiger charge is -2.30. The number of rotatable bonds is 4. The molecule has 260 valence electrons. The summed E-state index contributed by atoms with van der Waals surface area (Å²) < 4.78 is 1.15. The Hall–Kier alpha value is -7.08. The maximum Gasteiger partial charge on any atom is 0.164 e. The van der Waals surface area contributed by atoms with Crippen molar-refractivity contribution < 1.29 is 0 Å². The molecule has 2 aromatic heterocycles. The zero-order valence-corrected chi connectivity index (χ0v) is 30.8. The second-order valence-corrected chi connectivity index (χ2v) is 15.5. The number of aromatic nitrogens is 4. The molecule has 0 N–H and O–H groups in total. The van der Waals surface area contributed by atoms with Gasteiger partial charge in [-0.3, -0.25) is 0 Å². The summed E-state index contributed by atoms with van der Waals surface area (Å²) in [5.41, 5.74) is 14.6. The van der Waals surface area contributed by atoms with E-state index in [0.717, 1.165) is 48.3 Å². The van der Waals surface area contributed by atoms with E-state index in [-0.39, 0.29) is 0 Å². The van der Waals surface area contributed by atoms with Gasteiger partial charge in [-0.05, 0) is 62.0 Å². The quantitative estimate of drug-likeness (QED) is 0.181. The summed E-state index contributed by atoms with van der Waals surface area (Å²) in [5.74, 6) is 1.89. The van der Waals surface area contributed by atoms with Crippen molar-refractivity contribution in [3.05, 3.63) is 204 Å². The van der Waals surface area contributed by atoms with Crippen LogP contribution < -0.4 is 0 Å². The monoisotopic (exact) mass is 730 g/mol. The molecule has 2 aliphatic carbocycles. The van der Waals surface area contributed by atoms with E-state index in [1.165, 1.54) is 44.5 Å². The fraction of sp³-hybridized carbons (Fsp3) is 0.0196. The van der Waals surface area contributed by atoms with Crippen molar-refractivity contribution in [1.82, 2.24) is 19.9 Å². The first-order valence-corrected chi connectivity index (χ1v) is 19.7. The van der Waals surface area contributed by atoms with Gasteiger partial charge in [-0.25, -0.2) is 19.9 Å². The van der Waals surface area contributed by atoms with Crippen LogP contribution in [0.3, 0.4) is 0 Å². The number of benzene rings is 8. The minimum Gasteiger partial charge on any atom is -0.236 e. The first-order chi connectivity index (χ1) is 27.8. The summed E-state index contributed by atoms with van der Waals surface area (Å²) in [4.78, 5) is 21.0. The molecule has 4 nitrogen and oxygen atoms in total. The van der Waals surface area contributed by atoms with Crippen LogP contribution in [-0.4, -0.2) is 19.9 Å². The number of hydrogen-bond donors (Lipinski definition) is 0. The average molecular weight is 731 g/mol. The Labute approximate surface area is 327 Å². The van der Waals surface area contributed by atoms with E-state index in [1.807, 2.05) is 24.3 Å². The van der Waals surface area contributed by atoms with Gasteiger partial charge in [0.25, 0.3) is 0 Å². The summed E-state index contributed by atoms with van der Waals surface area (Å²) >= 11 is 1.73. The standard InChI is InChI=1S/C51H30N4S/c1-3-15-31(16-4-1)47-53-48(55-49(54-47)40-30-45-46(39-23-8-7-19-34(39)40)56-50(52-45)32-17-5-2-6-18-32)33-27-28-38-37-22-11-14-26-43(37)51(44(38)29-33)41-24-12-9-20-35(41)36-21-10-13-25-42(36)51/h1-30H. The van der Waals surface area contributed by atoms with Gasteiger partial charge in [-0.1, -0.05) is 170 Å². The molecule has 56 heavy (non-hydrogen) atoms. The Balaban J connectivity index is 1.11. The third-order valence-corrected chi connectivity index (χ3v) is 12.7. The van der Waals surface area contributed by atoms with Crippen LogP contribution in [0.25, 0.3) is 88.0 Å². The summed E-state index contributed by atoms with van der Waals surface area (Å²) in [7, 11) is 0. The zero-order valence-electron chi connectivity index (χ0n) is 30.0. The Kier molecular flexibility index (Phi) is 6.68. The lowest BCUT2D eigenvalue weighted by atomic mass is 9.70. The van der Waals surface area contributed by atoms with Gasteiger partial charge in [0.2, 0.25) is 0 Å². The molecule has 2 aliphatic rings. The molecular weight excluding hydrogens is 701 g/mol. The van der Waals surface area contributed by atoms with Gasteiger partial charge in [0.05, 0.1) is 15.6 Å². The van der Waals surface area contributed by atoms with Crippen molar-refractivity contribution in [3.8, 4) is 67.0 Å². The van der Waals surface area contributed by atoms with Crippen LogP contribution >= 0.6 is 11.3 Å². The van der Waals surface area contributed by atoms with E-state index in [0.29, 0.717) is 17.5 Å². The molecular formula is C51H30N4S. The van der Waals surface area contributed by atoms with E-state index < -0.39 is 5.41 Å². The fourth-order valence-electron chi connectivity index (χ4n) is 9.22. The first kappa shape index (κ1) is 31.3. The van der Waals surface area contributed by atoms with Crippen molar-refractivity contribution >= 4 is 32.3 Å². The van der Waals surface area contributed by atoms with E-state index in [9.17, 15) is 0 Å². The number of nitrogens with zero attached hydrogens (tertiary/aromatic N) is 4. The van der Waals surface area contributed by atoms with Crippen molar-refractivity contribution in [3.63, 3.8) is 0 Å². The molecule has 0 fully saturated rings. The normalized spacial score (nSPS) is 13.1. The van der Waals surface area contributed by atoms with Gasteiger partial charge in [0.15, 0.2) is 17.5 Å². The maximum atomic E-state index is 5.35. The molecule has 0 radical (unpaired) electrons. The number of fused-ring (bicyclic) bond motifs is 13. The topological polar surface area (TPSA) is 51.6 Å². The minimum atomic E-state index is -0.463. The van der Waals surface area contributed by atoms with Gasteiger partial charge >= 0.3 is 0 Å². The Bertz CT molecular complexity index is 3140. The largest absolute Gasteiger partial charge is 0.236 e. The Morgan fingerprint density at radius 2 is 0.839 bits per heavy atom. The molecule has 10 aromatic rings. The lowest BCUT2D eigenvalue weighted by Crippen LogP contribution is -2.25. The molecule has 0 unspecified atom stereocenters. The van der Waals surface area contributed by atoms with Gasteiger partial charge in [-0.15, -0.1) is 11.3 Å². The number of thiazole rings is 1. The summed E-state index contributed by atoms with van der Waals surface area (Å²) in [6.45, 7) is 0. The molecule has 8 aromatic carbocycles. The van der Waals surface area contributed by atoms with Crippen LogP contribution in [-0.2, 0) is 5.41 Å². The molecule has 0 saturated carbocycles. The van der Waals surface area contributed by atoms with Crippen LogP contribution in [0.15, 0.2) is 182 Å². The van der Waals surface area contributed by atoms with E-state index in [1.54, 1.807) is 11.3 Å². The molecule has 0 bridgehead atoms. The minimum absolute atomic E-state index is 0.463. The highest BCUT2D eigenvalue weighted by Gasteiger charge is 2.51. The second-order valence-electron chi connectivity index (χ2n) is 14.5. The van der Waals surface area contributed by atoms with Crippen LogP contribution in [0.2, 0.25) is 0 Å². The third-order valence-electron chi connectivity index (χ3n) is 11.6. The summed E-state index contributed by atoms with van der Waals surface area (Å²) in [6, 6.07) is 64.8. The molecule has 0 aliphatic heterocycles. The van der Waals surface area contributed by atoms with Gasteiger partial charge in [-0.2, -0.15) is 0 Å². The molecule has 0 saturated heterocycles. The van der Waals surface area contributed by atoms with Crippen molar-refractivity contribution in [2.75, 3.05) is 0 Å². The number of hydrogen-bond acceptors (Lipinski definition) is 5. The molecule has 12 rings (SSSR count). The predicted molar refractivity (Wildman–Crippen MR) is 229 cm³/mol. The molecule has 2 heterocycles. The van der Waals surface area contributed by atoms with Crippen molar-refractivity contribution in [2.45, 2.75) is 5.41 Å². The molecule has 0 amide bonds. The van der Waals surface area contributed by atoms with Gasteiger partial charge in [0.1, 0.15) is 5.01 Å². The maximum absolute atomic E-state index is 5.35. The predicted octanol–water partition coefficient (Wildman–Crippen LogP) is 12.6. The smallest absolute Gasteiger partial charge is 0.164 e. The SMILES string of the molecule is c1ccc(-c2nc(-c3ccc4c(c3)C3(c5ccccc5-c5ccccc53)c3ccccc3-4)nc(-c3cc4nc(-c5ccccc5)sc4c4ccccc34)n2)cc1. The highest BCUT2D eigenvalue weighted by atomic mass is 32.1. The van der Waals surface area contributed by atoms with Crippen molar-refractivity contribution in [2.24, 2.45) is 0 Å². The molecule has 1 spiro atoms.